The molecule has 0 saturated heterocycles. The van der Waals surface area contributed by atoms with Crippen LogP contribution in [0.4, 0.5) is 0 Å². The third-order valence-corrected chi connectivity index (χ3v) is 1.90. The number of hydrogen-bond donors (Lipinski definition) is 1. The first-order valence-corrected chi connectivity index (χ1v) is 4.42. The molecule has 0 saturated carbocycles. The van der Waals surface area contributed by atoms with Gasteiger partial charge in [0.1, 0.15) is 5.82 Å². The molecular formula is C9H17N3. The highest BCUT2D eigenvalue weighted by Crippen LogP contribution is 2.07. The number of nitrogens with one attached hydrogen (secondary N) is 1. The minimum Gasteiger partial charge on any atom is -0.332 e. The average molecular weight is 167 g/mol. The highest BCUT2D eigenvalue weighted by Gasteiger charge is 2.03. The summed E-state index contributed by atoms with van der Waals surface area (Å²) in [5.74, 6) is 1.17. The minimum atomic E-state index is 0.513. The smallest absolute Gasteiger partial charge is 0.110 e. The fourth-order valence-corrected chi connectivity index (χ4v) is 1.24. The van der Waals surface area contributed by atoms with Gasteiger partial charge < -0.3 is 9.88 Å². The SMILES string of the molecule is CNCCc1nccn1C(C)C. The van der Waals surface area contributed by atoms with Crippen molar-refractivity contribution in [1.82, 2.24) is 14.9 Å². The zero-order chi connectivity index (χ0) is 8.97. The molecule has 0 radical (unpaired) electrons. The maximum absolute atomic E-state index is 4.30. The van der Waals surface area contributed by atoms with Crippen molar-refractivity contribution >= 4 is 0 Å². The van der Waals surface area contributed by atoms with Gasteiger partial charge in [0.05, 0.1) is 0 Å². The number of rotatable bonds is 4. The predicted molar refractivity (Wildman–Crippen MR) is 50.2 cm³/mol. The maximum atomic E-state index is 4.30. The van der Waals surface area contributed by atoms with Crippen LogP contribution in [0.5, 0.6) is 0 Å². The maximum Gasteiger partial charge on any atom is 0.110 e. The largest absolute Gasteiger partial charge is 0.332 e. The topological polar surface area (TPSA) is 29.9 Å². The number of imidazole rings is 1. The molecule has 1 rings (SSSR count). The van der Waals surface area contributed by atoms with Crippen molar-refractivity contribution in [1.29, 1.82) is 0 Å². The van der Waals surface area contributed by atoms with Crippen LogP contribution in [0, 0.1) is 0 Å². The van der Waals surface area contributed by atoms with Gasteiger partial charge in [0.2, 0.25) is 0 Å². The fourth-order valence-electron chi connectivity index (χ4n) is 1.24. The van der Waals surface area contributed by atoms with E-state index < -0.39 is 0 Å². The van der Waals surface area contributed by atoms with Crippen molar-refractivity contribution in [2.75, 3.05) is 13.6 Å². The molecule has 0 aliphatic carbocycles. The van der Waals surface area contributed by atoms with Gasteiger partial charge in [0.25, 0.3) is 0 Å². The lowest BCUT2D eigenvalue weighted by atomic mass is 10.3. The molecule has 0 spiro atoms. The van der Waals surface area contributed by atoms with E-state index in [0.29, 0.717) is 6.04 Å². The van der Waals surface area contributed by atoms with Crippen LogP contribution in [0.3, 0.4) is 0 Å². The van der Waals surface area contributed by atoms with E-state index in [1.807, 2.05) is 19.4 Å². The van der Waals surface area contributed by atoms with Crippen LogP contribution in [-0.2, 0) is 6.42 Å². The minimum absolute atomic E-state index is 0.513. The normalized spacial score (nSPS) is 11.0. The molecule has 1 N–H and O–H groups in total. The first-order chi connectivity index (χ1) is 5.75. The zero-order valence-electron chi connectivity index (χ0n) is 8.04. The summed E-state index contributed by atoms with van der Waals surface area (Å²) in [6.45, 7) is 5.33. The Hall–Kier alpha value is -0.830. The van der Waals surface area contributed by atoms with Gasteiger partial charge in [-0.25, -0.2) is 4.98 Å². The third kappa shape index (κ3) is 2.08. The van der Waals surface area contributed by atoms with Gasteiger partial charge in [-0.15, -0.1) is 0 Å². The summed E-state index contributed by atoms with van der Waals surface area (Å²) >= 11 is 0. The molecule has 0 aliphatic heterocycles. The summed E-state index contributed by atoms with van der Waals surface area (Å²) in [5, 5.41) is 3.12. The van der Waals surface area contributed by atoms with Crippen LogP contribution in [0.15, 0.2) is 12.4 Å². The fraction of sp³-hybridized carbons (Fsp3) is 0.667. The molecule has 3 heteroatoms. The Morgan fingerprint density at radius 3 is 2.92 bits per heavy atom. The summed E-state index contributed by atoms with van der Waals surface area (Å²) in [4.78, 5) is 4.30. The quantitative estimate of drug-likeness (QED) is 0.731. The molecule has 0 fully saturated rings. The molecule has 1 heterocycles. The Balaban J connectivity index is 2.64. The predicted octanol–water partition coefficient (Wildman–Crippen LogP) is 1.23. The monoisotopic (exact) mass is 167 g/mol. The van der Waals surface area contributed by atoms with Crippen molar-refractivity contribution in [2.45, 2.75) is 26.3 Å². The molecule has 1 aromatic rings. The first kappa shape index (κ1) is 9.26. The Bertz CT molecular complexity index is 227. The van der Waals surface area contributed by atoms with Crippen LogP contribution in [0.25, 0.3) is 0 Å². The molecule has 3 nitrogen and oxygen atoms in total. The molecule has 0 bridgehead atoms. The lowest BCUT2D eigenvalue weighted by Gasteiger charge is -2.10. The van der Waals surface area contributed by atoms with Crippen LogP contribution >= 0.6 is 0 Å². The van der Waals surface area contributed by atoms with Crippen molar-refractivity contribution in [2.24, 2.45) is 0 Å². The molecule has 12 heavy (non-hydrogen) atoms. The standard InChI is InChI=1S/C9H17N3/c1-8(2)12-7-6-11-9(12)4-5-10-3/h6-8,10H,4-5H2,1-3H3. The van der Waals surface area contributed by atoms with E-state index in [1.165, 1.54) is 5.82 Å². The summed E-state index contributed by atoms with van der Waals surface area (Å²) in [7, 11) is 1.96. The van der Waals surface area contributed by atoms with E-state index in [0.717, 1.165) is 13.0 Å². The van der Waals surface area contributed by atoms with Crippen LogP contribution in [0.2, 0.25) is 0 Å². The van der Waals surface area contributed by atoms with Crippen molar-refractivity contribution in [3.05, 3.63) is 18.2 Å². The second-order valence-corrected chi connectivity index (χ2v) is 3.20. The lowest BCUT2D eigenvalue weighted by Crippen LogP contribution is -2.14. The molecule has 0 atom stereocenters. The van der Waals surface area contributed by atoms with Gasteiger partial charge in [-0.3, -0.25) is 0 Å². The molecule has 0 aliphatic rings. The van der Waals surface area contributed by atoms with Gasteiger partial charge in [-0.05, 0) is 20.9 Å². The molecular weight excluding hydrogens is 150 g/mol. The van der Waals surface area contributed by atoms with Crippen LogP contribution in [0.1, 0.15) is 25.7 Å². The Morgan fingerprint density at radius 2 is 2.33 bits per heavy atom. The van der Waals surface area contributed by atoms with Gasteiger partial charge in [0.15, 0.2) is 0 Å². The van der Waals surface area contributed by atoms with Crippen molar-refractivity contribution in [3.8, 4) is 0 Å². The van der Waals surface area contributed by atoms with E-state index in [4.69, 9.17) is 0 Å². The molecule has 68 valence electrons. The van der Waals surface area contributed by atoms with Gasteiger partial charge in [0, 0.05) is 31.4 Å². The second-order valence-electron chi connectivity index (χ2n) is 3.20. The van der Waals surface area contributed by atoms with E-state index >= 15 is 0 Å². The van der Waals surface area contributed by atoms with E-state index in [2.05, 4.69) is 28.7 Å². The van der Waals surface area contributed by atoms with E-state index in [1.54, 1.807) is 0 Å². The van der Waals surface area contributed by atoms with E-state index in [-0.39, 0.29) is 0 Å². The van der Waals surface area contributed by atoms with Crippen LogP contribution in [-0.4, -0.2) is 23.1 Å². The molecule has 1 aromatic heterocycles. The third-order valence-electron chi connectivity index (χ3n) is 1.90. The summed E-state index contributed by atoms with van der Waals surface area (Å²) in [5.41, 5.74) is 0. The van der Waals surface area contributed by atoms with Gasteiger partial charge >= 0.3 is 0 Å². The summed E-state index contributed by atoms with van der Waals surface area (Å²) < 4.78 is 2.21. The van der Waals surface area contributed by atoms with E-state index in [9.17, 15) is 0 Å². The summed E-state index contributed by atoms with van der Waals surface area (Å²) in [6, 6.07) is 0.513. The number of likely N-dealkylation sites (N-methyl/N-ethyl adjacent to an activating group) is 1. The zero-order valence-corrected chi connectivity index (χ0v) is 8.04. The Kier molecular flexibility index (Phi) is 3.29. The van der Waals surface area contributed by atoms with Gasteiger partial charge in [-0.1, -0.05) is 0 Å². The number of nitrogens with zero attached hydrogens (tertiary/aromatic N) is 2. The highest BCUT2D eigenvalue weighted by molar-refractivity contribution is 4.94. The van der Waals surface area contributed by atoms with Crippen molar-refractivity contribution in [3.63, 3.8) is 0 Å². The Labute approximate surface area is 73.8 Å². The number of hydrogen-bond acceptors (Lipinski definition) is 2. The molecule has 0 aromatic carbocycles. The number of aromatic nitrogens is 2. The second kappa shape index (κ2) is 4.26. The highest BCUT2D eigenvalue weighted by atomic mass is 15.1. The van der Waals surface area contributed by atoms with Gasteiger partial charge in [-0.2, -0.15) is 0 Å². The van der Waals surface area contributed by atoms with Crippen molar-refractivity contribution < 1.29 is 0 Å². The summed E-state index contributed by atoms with van der Waals surface area (Å²) in [6.07, 6.45) is 4.91. The average Bonchev–Trinajstić information content (AvgIpc) is 2.48. The molecule has 0 amide bonds. The van der Waals surface area contributed by atoms with Crippen LogP contribution < -0.4 is 5.32 Å². The molecule has 0 unspecified atom stereocenters. The lowest BCUT2D eigenvalue weighted by molar-refractivity contribution is 0.561. The Morgan fingerprint density at radius 1 is 1.58 bits per heavy atom. The first-order valence-electron chi connectivity index (χ1n) is 4.42.